The number of carbonyl (C=O) groups excluding carboxylic acids is 1. The van der Waals surface area contributed by atoms with Crippen molar-refractivity contribution in [2.75, 3.05) is 45.1 Å². The molecule has 35 heavy (non-hydrogen) atoms. The third kappa shape index (κ3) is 6.53. The van der Waals surface area contributed by atoms with E-state index in [1.807, 2.05) is 0 Å². The van der Waals surface area contributed by atoms with Crippen molar-refractivity contribution in [2.45, 2.75) is 44.4 Å². The number of carbonyl (C=O) groups is 1. The second kappa shape index (κ2) is 11.4. The standard InChI is InChI=1S/C24H37N5O5S/c1-7-10-29-12-17(2)22(33-6)13-28(5)24(30)20-9-8-19(11-21(20)34-15-18(29)3)26-35(31,32)23-14-27(4)16-25-23/h8-9,11,14,16-18,22,26H,7,10,12-13,15H2,1-6H3/t17-,18+,22+/m0/s1. The Balaban J connectivity index is 1.95. The van der Waals surface area contributed by atoms with Crippen molar-refractivity contribution in [1.29, 1.82) is 0 Å². The molecule has 1 aliphatic rings. The summed E-state index contributed by atoms with van der Waals surface area (Å²) in [6, 6.07) is 4.80. The Labute approximate surface area is 208 Å². The highest BCUT2D eigenvalue weighted by molar-refractivity contribution is 7.92. The number of rotatable bonds is 6. The summed E-state index contributed by atoms with van der Waals surface area (Å²) >= 11 is 0. The Kier molecular flexibility index (Phi) is 8.79. The van der Waals surface area contributed by atoms with Gasteiger partial charge >= 0.3 is 0 Å². The number of imidazole rings is 1. The molecule has 1 aromatic carbocycles. The van der Waals surface area contributed by atoms with Gasteiger partial charge in [0.15, 0.2) is 5.03 Å². The van der Waals surface area contributed by atoms with Crippen LogP contribution in [0.1, 0.15) is 37.6 Å². The molecule has 11 heteroatoms. The van der Waals surface area contributed by atoms with E-state index in [1.54, 1.807) is 48.9 Å². The summed E-state index contributed by atoms with van der Waals surface area (Å²) in [6.45, 7) is 8.89. The minimum absolute atomic E-state index is 0.0869. The molecule has 10 nitrogen and oxygen atoms in total. The van der Waals surface area contributed by atoms with Crippen LogP contribution < -0.4 is 9.46 Å². The normalized spacial score (nSPS) is 22.6. The lowest BCUT2D eigenvalue weighted by Crippen LogP contribution is -2.46. The van der Waals surface area contributed by atoms with Crippen molar-refractivity contribution in [2.24, 2.45) is 13.0 Å². The van der Waals surface area contributed by atoms with Gasteiger partial charge in [-0.15, -0.1) is 0 Å². The van der Waals surface area contributed by atoms with Crippen LogP contribution in [0.25, 0.3) is 0 Å². The first-order valence-electron chi connectivity index (χ1n) is 11.9. The maximum atomic E-state index is 13.3. The Morgan fingerprint density at radius 2 is 1.97 bits per heavy atom. The van der Waals surface area contributed by atoms with Crippen molar-refractivity contribution in [3.63, 3.8) is 0 Å². The molecule has 0 radical (unpaired) electrons. The number of nitrogens with zero attached hydrogens (tertiary/aromatic N) is 4. The van der Waals surface area contributed by atoms with Crippen molar-refractivity contribution in [3.05, 3.63) is 36.3 Å². The van der Waals surface area contributed by atoms with E-state index in [-0.39, 0.29) is 29.0 Å². The molecule has 1 amide bonds. The number of amides is 1. The Morgan fingerprint density at radius 1 is 1.23 bits per heavy atom. The monoisotopic (exact) mass is 507 g/mol. The summed E-state index contributed by atoms with van der Waals surface area (Å²) in [7, 11) is 1.22. The summed E-state index contributed by atoms with van der Waals surface area (Å²) in [4.78, 5) is 21.2. The molecule has 0 unspecified atom stereocenters. The number of likely N-dealkylation sites (N-methyl/N-ethyl adjacent to an activating group) is 1. The second-order valence-electron chi connectivity index (χ2n) is 9.29. The molecule has 1 aliphatic heterocycles. The molecule has 2 heterocycles. The molecule has 1 N–H and O–H groups in total. The molecule has 194 valence electrons. The molecule has 0 fully saturated rings. The van der Waals surface area contributed by atoms with Gasteiger partial charge in [0.1, 0.15) is 12.4 Å². The zero-order valence-corrected chi connectivity index (χ0v) is 22.2. The van der Waals surface area contributed by atoms with E-state index >= 15 is 0 Å². The lowest BCUT2D eigenvalue weighted by atomic mass is 10.0. The molecule has 0 spiro atoms. The molecule has 0 aliphatic carbocycles. The molecule has 1 aromatic heterocycles. The van der Waals surface area contributed by atoms with Crippen LogP contribution in [0.3, 0.4) is 0 Å². The zero-order chi connectivity index (χ0) is 25.8. The van der Waals surface area contributed by atoms with Crippen LogP contribution in [0.5, 0.6) is 5.75 Å². The van der Waals surface area contributed by atoms with Crippen LogP contribution >= 0.6 is 0 Å². The van der Waals surface area contributed by atoms with E-state index in [0.717, 1.165) is 19.5 Å². The average molecular weight is 508 g/mol. The van der Waals surface area contributed by atoms with Gasteiger partial charge in [0.25, 0.3) is 15.9 Å². The van der Waals surface area contributed by atoms with Gasteiger partial charge < -0.3 is 18.9 Å². The average Bonchev–Trinajstić information content (AvgIpc) is 3.26. The van der Waals surface area contributed by atoms with Crippen LogP contribution in [0.15, 0.2) is 35.7 Å². The fraction of sp³-hybridized carbons (Fsp3) is 0.583. The van der Waals surface area contributed by atoms with Crippen molar-refractivity contribution < 1.29 is 22.7 Å². The van der Waals surface area contributed by atoms with Crippen LogP contribution in [0.2, 0.25) is 0 Å². The smallest absolute Gasteiger partial charge is 0.280 e. The van der Waals surface area contributed by atoms with Crippen molar-refractivity contribution in [1.82, 2.24) is 19.4 Å². The van der Waals surface area contributed by atoms with Gasteiger partial charge in [-0.05, 0) is 37.9 Å². The van der Waals surface area contributed by atoms with Crippen LogP contribution in [0.4, 0.5) is 5.69 Å². The highest BCUT2D eigenvalue weighted by Gasteiger charge is 2.28. The first-order valence-corrected chi connectivity index (χ1v) is 13.3. The summed E-state index contributed by atoms with van der Waals surface area (Å²) < 4.78 is 41.5. The SMILES string of the molecule is CCCN1C[C@H](C)[C@H](OC)CN(C)C(=O)c2ccc(NS(=O)(=O)c3cn(C)cn3)cc2OC[C@H]1C. The minimum atomic E-state index is -3.88. The fourth-order valence-electron chi connectivity index (χ4n) is 4.24. The molecule has 3 atom stereocenters. The number of nitrogens with one attached hydrogen (secondary N) is 1. The number of benzene rings is 1. The summed E-state index contributed by atoms with van der Waals surface area (Å²) in [5.74, 6) is 0.326. The Bertz CT molecular complexity index is 1120. The number of ether oxygens (including phenoxy) is 2. The molecule has 2 aromatic rings. The predicted molar refractivity (Wildman–Crippen MR) is 134 cm³/mol. The summed E-state index contributed by atoms with van der Waals surface area (Å²) in [6.07, 6.45) is 3.72. The van der Waals surface area contributed by atoms with E-state index in [4.69, 9.17) is 9.47 Å². The van der Waals surface area contributed by atoms with Gasteiger partial charge in [-0.1, -0.05) is 13.8 Å². The second-order valence-corrected chi connectivity index (χ2v) is 10.9. The molecular formula is C24H37N5O5S. The first kappa shape index (κ1) is 27.0. The number of aryl methyl sites for hydroxylation is 1. The number of methoxy groups -OCH3 is 1. The number of hydrogen-bond donors (Lipinski definition) is 1. The lowest BCUT2D eigenvalue weighted by molar-refractivity contribution is 0.0108. The maximum absolute atomic E-state index is 13.3. The topological polar surface area (TPSA) is 106 Å². The third-order valence-corrected chi connectivity index (χ3v) is 7.56. The largest absolute Gasteiger partial charge is 0.491 e. The molecule has 0 saturated heterocycles. The highest BCUT2D eigenvalue weighted by atomic mass is 32.2. The van der Waals surface area contributed by atoms with Crippen molar-refractivity contribution >= 4 is 21.6 Å². The number of aromatic nitrogens is 2. The number of anilines is 1. The van der Waals surface area contributed by atoms with Gasteiger partial charge in [-0.2, -0.15) is 8.42 Å². The summed E-state index contributed by atoms with van der Waals surface area (Å²) in [5.41, 5.74) is 0.656. The zero-order valence-electron chi connectivity index (χ0n) is 21.4. The molecule has 3 rings (SSSR count). The van der Waals surface area contributed by atoms with Gasteiger partial charge in [-0.3, -0.25) is 14.4 Å². The third-order valence-electron chi connectivity index (χ3n) is 6.30. The van der Waals surface area contributed by atoms with Gasteiger partial charge in [0.05, 0.1) is 23.7 Å². The number of sulfonamides is 1. The number of hydrogen-bond acceptors (Lipinski definition) is 7. The quantitative estimate of drug-likeness (QED) is 0.640. The van der Waals surface area contributed by atoms with Crippen molar-refractivity contribution in [3.8, 4) is 5.75 Å². The van der Waals surface area contributed by atoms with E-state index in [1.165, 1.54) is 12.5 Å². The number of fused-ring (bicyclic) bond motifs is 1. The highest BCUT2D eigenvalue weighted by Crippen LogP contribution is 2.28. The molecule has 0 bridgehead atoms. The van der Waals surface area contributed by atoms with E-state index in [2.05, 4.69) is 35.4 Å². The fourth-order valence-corrected chi connectivity index (χ4v) is 5.28. The first-order chi connectivity index (χ1) is 16.6. The Hall–Kier alpha value is -2.63. The van der Waals surface area contributed by atoms with Gasteiger partial charge in [0, 0.05) is 52.6 Å². The Morgan fingerprint density at radius 3 is 2.60 bits per heavy atom. The maximum Gasteiger partial charge on any atom is 0.280 e. The summed E-state index contributed by atoms with van der Waals surface area (Å²) in [5, 5.41) is -0.0898. The van der Waals surface area contributed by atoms with Crippen LogP contribution in [-0.2, 0) is 21.8 Å². The predicted octanol–water partition coefficient (Wildman–Crippen LogP) is 2.44. The van der Waals surface area contributed by atoms with E-state index < -0.39 is 10.0 Å². The minimum Gasteiger partial charge on any atom is -0.491 e. The van der Waals surface area contributed by atoms with E-state index in [9.17, 15) is 13.2 Å². The lowest BCUT2D eigenvalue weighted by Gasteiger charge is -2.35. The van der Waals surface area contributed by atoms with E-state index in [0.29, 0.717) is 30.2 Å². The van der Waals surface area contributed by atoms with Gasteiger partial charge in [0.2, 0.25) is 0 Å². The van der Waals surface area contributed by atoms with Crippen LogP contribution in [0, 0.1) is 5.92 Å². The van der Waals surface area contributed by atoms with Gasteiger partial charge in [-0.25, -0.2) is 4.98 Å². The molecular weight excluding hydrogens is 470 g/mol. The van der Waals surface area contributed by atoms with Crippen LogP contribution in [-0.4, -0.2) is 86.2 Å². The molecule has 0 saturated carbocycles.